The largest absolute Gasteiger partial charge is 0.493 e. The molecule has 1 N–H and O–H groups in total. The van der Waals surface area contributed by atoms with Crippen LogP contribution in [0, 0.1) is 0 Å². The second-order valence-corrected chi connectivity index (χ2v) is 3.05. The van der Waals surface area contributed by atoms with Gasteiger partial charge in [0, 0.05) is 0 Å². The van der Waals surface area contributed by atoms with Gasteiger partial charge in [0.05, 0.1) is 32.5 Å². The summed E-state index contributed by atoms with van der Waals surface area (Å²) in [5.74, 6) is -1.50. The highest BCUT2D eigenvalue weighted by atomic mass is 35.5. The number of carbonyl (C=O) groups is 2. The number of methoxy groups -OCH3 is 3. The van der Waals surface area contributed by atoms with E-state index < -0.39 is 11.9 Å². The van der Waals surface area contributed by atoms with Crippen LogP contribution in [0.25, 0.3) is 0 Å². The molecule has 0 unspecified atom stereocenters. The molecule has 0 amide bonds. The molecular formula is C11H13ClO6. The van der Waals surface area contributed by atoms with Gasteiger partial charge in [-0.2, -0.15) is 0 Å². The second kappa shape index (κ2) is 6.70. The summed E-state index contributed by atoms with van der Waals surface area (Å²) in [6.07, 6.45) is 0. The number of aromatic carboxylic acids is 1. The zero-order valence-electron chi connectivity index (χ0n) is 10.1. The summed E-state index contributed by atoms with van der Waals surface area (Å²) in [6.45, 7) is 0. The minimum atomic E-state index is -1.24. The lowest BCUT2D eigenvalue weighted by molar-refractivity contribution is 0.0582. The van der Waals surface area contributed by atoms with Gasteiger partial charge in [0.15, 0.2) is 11.5 Å². The molecule has 0 aromatic heterocycles. The molecule has 0 fully saturated rings. The summed E-state index contributed by atoms with van der Waals surface area (Å²) in [4.78, 5) is 22.4. The molecule has 0 radical (unpaired) electrons. The van der Waals surface area contributed by atoms with E-state index in [0.717, 1.165) is 0 Å². The first-order chi connectivity index (χ1) is 8.04. The Hall–Kier alpha value is -1.95. The Balaban J connectivity index is 0.00000289. The van der Waals surface area contributed by atoms with Crippen molar-refractivity contribution in [2.24, 2.45) is 0 Å². The van der Waals surface area contributed by atoms with Gasteiger partial charge >= 0.3 is 11.9 Å². The molecule has 7 heteroatoms. The van der Waals surface area contributed by atoms with Crippen LogP contribution in [-0.4, -0.2) is 38.4 Å². The normalized spacial score (nSPS) is 9.06. The maximum atomic E-state index is 11.4. The highest BCUT2D eigenvalue weighted by Crippen LogP contribution is 2.30. The number of carboxylic acid groups (broad SMARTS) is 1. The number of rotatable bonds is 4. The number of ether oxygens (including phenoxy) is 3. The van der Waals surface area contributed by atoms with E-state index in [1.165, 1.54) is 33.5 Å². The summed E-state index contributed by atoms with van der Waals surface area (Å²) in [5.41, 5.74) is -0.285. The van der Waals surface area contributed by atoms with Crippen molar-refractivity contribution in [3.8, 4) is 11.5 Å². The van der Waals surface area contributed by atoms with Crippen LogP contribution in [-0.2, 0) is 4.74 Å². The lowest BCUT2D eigenvalue weighted by atomic mass is 10.1. The number of esters is 1. The van der Waals surface area contributed by atoms with Crippen molar-refractivity contribution in [1.82, 2.24) is 0 Å². The Bertz CT molecular complexity index is 457. The van der Waals surface area contributed by atoms with E-state index in [-0.39, 0.29) is 35.0 Å². The lowest BCUT2D eigenvalue weighted by Gasteiger charge is -2.11. The number of hydrogen-bond donors (Lipinski definition) is 1. The van der Waals surface area contributed by atoms with Crippen molar-refractivity contribution in [2.75, 3.05) is 21.3 Å². The highest BCUT2D eigenvalue weighted by molar-refractivity contribution is 6.03. The Morgan fingerprint density at radius 2 is 1.44 bits per heavy atom. The number of carboxylic acids is 1. The van der Waals surface area contributed by atoms with Crippen molar-refractivity contribution in [3.63, 3.8) is 0 Å². The Kier molecular flexibility index (Phi) is 5.98. The topological polar surface area (TPSA) is 82.1 Å². The maximum absolute atomic E-state index is 11.4. The second-order valence-electron chi connectivity index (χ2n) is 3.05. The van der Waals surface area contributed by atoms with Crippen LogP contribution < -0.4 is 9.47 Å². The van der Waals surface area contributed by atoms with Gasteiger partial charge in [-0.1, -0.05) is 0 Å². The molecule has 1 aromatic carbocycles. The maximum Gasteiger partial charge on any atom is 0.338 e. The van der Waals surface area contributed by atoms with Crippen LogP contribution in [0.4, 0.5) is 0 Å². The van der Waals surface area contributed by atoms with Crippen LogP contribution in [0.1, 0.15) is 20.7 Å². The quantitative estimate of drug-likeness (QED) is 0.842. The molecule has 0 heterocycles. The fraction of sp³-hybridized carbons (Fsp3) is 0.273. The van der Waals surface area contributed by atoms with Crippen LogP contribution in [0.5, 0.6) is 11.5 Å². The van der Waals surface area contributed by atoms with Gasteiger partial charge in [0.2, 0.25) is 0 Å². The molecule has 1 rings (SSSR count). The summed E-state index contributed by atoms with van der Waals surface area (Å²) >= 11 is 0. The SMILES string of the molecule is COC(=O)c1cc(OC)c(OC)cc1C(=O)O.Cl. The van der Waals surface area contributed by atoms with Gasteiger partial charge in [0.25, 0.3) is 0 Å². The number of hydrogen-bond acceptors (Lipinski definition) is 5. The van der Waals surface area contributed by atoms with E-state index in [4.69, 9.17) is 14.6 Å². The van der Waals surface area contributed by atoms with E-state index in [2.05, 4.69) is 4.74 Å². The monoisotopic (exact) mass is 276 g/mol. The highest BCUT2D eigenvalue weighted by Gasteiger charge is 2.21. The number of halogens is 1. The Morgan fingerprint density at radius 1 is 1.00 bits per heavy atom. The first-order valence-electron chi connectivity index (χ1n) is 4.62. The van der Waals surface area contributed by atoms with Crippen molar-refractivity contribution >= 4 is 24.3 Å². The molecule has 1 aromatic rings. The molecule has 0 aliphatic rings. The van der Waals surface area contributed by atoms with Crippen LogP contribution in [0.15, 0.2) is 12.1 Å². The van der Waals surface area contributed by atoms with E-state index in [0.29, 0.717) is 0 Å². The van der Waals surface area contributed by atoms with Crippen molar-refractivity contribution in [2.45, 2.75) is 0 Å². The minimum absolute atomic E-state index is 0. The molecule has 18 heavy (non-hydrogen) atoms. The smallest absolute Gasteiger partial charge is 0.338 e. The fourth-order valence-corrected chi connectivity index (χ4v) is 1.33. The van der Waals surface area contributed by atoms with E-state index in [1.54, 1.807) is 0 Å². The Labute approximate surface area is 110 Å². The van der Waals surface area contributed by atoms with Gasteiger partial charge in [0.1, 0.15) is 0 Å². The van der Waals surface area contributed by atoms with Crippen molar-refractivity contribution in [1.29, 1.82) is 0 Å². The molecule has 0 aliphatic carbocycles. The summed E-state index contributed by atoms with van der Waals surface area (Å²) in [7, 11) is 3.94. The predicted octanol–water partition coefficient (Wildman–Crippen LogP) is 1.61. The van der Waals surface area contributed by atoms with Gasteiger partial charge in [-0.3, -0.25) is 0 Å². The Morgan fingerprint density at radius 3 is 1.78 bits per heavy atom. The van der Waals surface area contributed by atoms with Gasteiger partial charge < -0.3 is 19.3 Å². The first kappa shape index (κ1) is 16.1. The van der Waals surface area contributed by atoms with E-state index in [1.807, 2.05) is 0 Å². The summed E-state index contributed by atoms with van der Waals surface area (Å²) in [6, 6.07) is 2.49. The van der Waals surface area contributed by atoms with Gasteiger partial charge in [-0.15, -0.1) is 12.4 Å². The predicted molar refractivity (Wildman–Crippen MR) is 65.1 cm³/mol. The molecule has 100 valence electrons. The van der Waals surface area contributed by atoms with Crippen molar-refractivity contribution < 1.29 is 28.9 Å². The average molecular weight is 277 g/mol. The molecular weight excluding hydrogens is 264 g/mol. The third kappa shape index (κ3) is 3.04. The molecule has 0 saturated heterocycles. The van der Waals surface area contributed by atoms with E-state index in [9.17, 15) is 9.59 Å². The van der Waals surface area contributed by atoms with Crippen molar-refractivity contribution in [3.05, 3.63) is 23.3 Å². The molecule has 0 saturated carbocycles. The average Bonchev–Trinajstić information content (AvgIpc) is 2.35. The zero-order valence-corrected chi connectivity index (χ0v) is 10.9. The third-order valence-corrected chi connectivity index (χ3v) is 2.16. The first-order valence-corrected chi connectivity index (χ1v) is 4.62. The van der Waals surface area contributed by atoms with Crippen LogP contribution >= 0.6 is 12.4 Å². The number of carbonyl (C=O) groups excluding carboxylic acids is 1. The molecule has 0 bridgehead atoms. The van der Waals surface area contributed by atoms with Crippen LogP contribution in [0.3, 0.4) is 0 Å². The minimum Gasteiger partial charge on any atom is -0.493 e. The zero-order chi connectivity index (χ0) is 13.0. The molecule has 0 spiro atoms. The van der Waals surface area contributed by atoms with Crippen LogP contribution in [0.2, 0.25) is 0 Å². The molecule has 6 nitrogen and oxygen atoms in total. The summed E-state index contributed by atoms with van der Waals surface area (Å²) in [5, 5.41) is 8.99. The van der Waals surface area contributed by atoms with E-state index >= 15 is 0 Å². The summed E-state index contributed by atoms with van der Waals surface area (Å²) < 4.78 is 14.4. The van der Waals surface area contributed by atoms with Gasteiger partial charge in [-0.25, -0.2) is 9.59 Å². The standard InChI is InChI=1S/C11H12O6.ClH/c1-15-8-4-6(10(12)13)7(11(14)17-3)5-9(8)16-2;/h4-5H,1-3H3,(H,12,13);1H. The lowest BCUT2D eigenvalue weighted by Crippen LogP contribution is -2.11. The molecule has 0 atom stereocenters. The van der Waals surface area contributed by atoms with Gasteiger partial charge in [-0.05, 0) is 12.1 Å². The fourth-order valence-electron chi connectivity index (χ4n) is 1.33. The number of benzene rings is 1. The molecule has 0 aliphatic heterocycles. The third-order valence-electron chi connectivity index (χ3n) is 2.16.